The average molecular weight is 454 g/mol. The van der Waals surface area contributed by atoms with E-state index in [4.69, 9.17) is 9.97 Å². The molecule has 1 aromatic rings. The van der Waals surface area contributed by atoms with Gasteiger partial charge < -0.3 is 20.6 Å². The summed E-state index contributed by atoms with van der Waals surface area (Å²) in [6, 6.07) is 0.962. The molecular formula is C26H39N5O2. The molecule has 7 heteroatoms. The van der Waals surface area contributed by atoms with E-state index in [1.165, 1.54) is 12.8 Å². The Bertz CT molecular complexity index is 890. The normalized spacial score (nSPS) is 40.4. The summed E-state index contributed by atoms with van der Waals surface area (Å²) in [5.41, 5.74) is 1.15. The van der Waals surface area contributed by atoms with E-state index in [1.807, 2.05) is 0 Å². The van der Waals surface area contributed by atoms with Gasteiger partial charge in [0.25, 0.3) is 5.91 Å². The van der Waals surface area contributed by atoms with E-state index in [0.29, 0.717) is 41.3 Å². The van der Waals surface area contributed by atoms with Crippen molar-refractivity contribution in [2.45, 2.75) is 101 Å². The first kappa shape index (κ1) is 21.8. The average Bonchev–Trinajstić information content (AvgIpc) is 3.29. The van der Waals surface area contributed by atoms with Crippen LogP contribution in [0.2, 0.25) is 0 Å². The SMILES string of the molecule is C[C@@H]1CN(c2ncc(C(=O)N[C@H]3C4CC5CC3C[C@](O)(C5)C4)c(C3CCCC3)n2)C[C@H](C)N1. The molecular weight excluding hydrogens is 414 g/mol. The number of nitrogens with one attached hydrogen (secondary N) is 2. The molecule has 5 aliphatic carbocycles. The van der Waals surface area contributed by atoms with E-state index >= 15 is 0 Å². The molecule has 3 N–H and O–H groups in total. The van der Waals surface area contributed by atoms with Gasteiger partial charge in [0.1, 0.15) is 0 Å². The molecule has 0 spiro atoms. The maximum absolute atomic E-state index is 13.6. The van der Waals surface area contributed by atoms with E-state index in [2.05, 4.69) is 29.4 Å². The summed E-state index contributed by atoms with van der Waals surface area (Å²) in [5, 5.41) is 17.9. The Morgan fingerprint density at radius 1 is 1.12 bits per heavy atom. The molecule has 1 amide bonds. The van der Waals surface area contributed by atoms with Crippen LogP contribution in [-0.4, -0.2) is 57.8 Å². The Morgan fingerprint density at radius 2 is 1.79 bits per heavy atom. The molecule has 0 aromatic carbocycles. The summed E-state index contributed by atoms with van der Waals surface area (Å²) in [7, 11) is 0. The van der Waals surface area contributed by atoms with Crippen LogP contribution in [0.25, 0.3) is 0 Å². The third-order valence-corrected chi connectivity index (χ3v) is 9.17. The molecule has 180 valence electrons. The van der Waals surface area contributed by atoms with Crippen molar-refractivity contribution in [2.75, 3.05) is 18.0 Å². The fourth-order valence-corrected chi connectivity index (χ4v) is 8.16. The maximum Gasteiger partial charge on any atom is 0.254 e. The van der Waals surface area contributed by atoms with Crippen LogP contribution in [0.3, 0.4) is 0 Å². The Labute approximate surface area is 197 Å². The highest BCUT2D eigenvalue weighted by Crippen LogP contribution is 2.55. The first-order valence-electron chi connectivity index (χ1n) is 13.3. The number of amides is 1. The van der Waals surface area contributed by atoms with Crippen molar-refractivity contribution < 1.29 is 9.90 Å². The minimum atomic E-state index is -0.477. The van der Waals surface area contributed by atoms with Crippen molar-refractivity contribution in [1.29, 1.82) is 0 Å². The Kier molecular flexibility index (Phi) is 5.41. The Balaban J connectivity index is 1.25. The second-order valence-corrected chi connectivity index (χ2v) is 12.0. The van der Waals surface area contributed by atoms with Gasteiger partial charge >= 0.3 is 0 Å². The van der Waals surface area contributed by atoms with Gasteiger partial charge in [0.15, 0.2) is 0 Å². The van der Waals surface area contributed by atoms with E-state index in [1.54, 1.807) is 6.20 Å². The minimum absolute atomic E-state index is 0.00467. The van der Waals surface area contributed by atoms with Crippen LogP contribution in [0.4, 0.5) is 5.95 Å². The molecule has 1 saturated heterocycles. The zero-order valence-electron chi connectivity index (χ0n) is 20.1. The van der Waals surface area contributed by atoms with E-state index < -0.39 is 5.60 Å². The van der Waals surface area contributed by atoms with Crippen LogP contribution < -0.4 is 15.5 Å². The van der Waals surface area contributed by atoms with Gasteiger partial charge in [-0.05, 0) is 76.5 Å². The van der Waals surface area contributed by atoms with Crippen molar-refractivity contribution in [3.8, 4) is 0 Å². The number of rotatable bonds is 4. The minimum Gasteiger partial charge on any atom is -0.390 e. The van der Waals surface area contributed by atoms with Gasteiger partial charge in [-0.25, -0.2) is 9.97 Å². The highest BCUT2D eigenvalue weighted by molar-refractivity contribution is 5.95. The van der Waals surface area contributed by atoms with Crippen molar-refractivity contribution in [3.63, 3.8) is 0 Å². The van der Waals surface area contributed by atoms with Crippen LogP contribution in [0.15, 0.2) is 6.20 Å². The van der Waals surface area contributed by atoms with Gasteiger partial charge in [-0.3, -0.25) is 4.79 Å². The third kappa shape index (κ3) is 4.05. The Hall–Kier alpha value is -1.73. The van der Waals surface area contributed by atoms with Crippen LogP contribution >= 0.6 is 0 Å². The number of anilines is 1. The van der Waals surface area contributed by atoms with Gasteiger partial charge in [-0.1, -0.05) is 12.8 Å². The number of hydrogen-bond donors (Lipinski definition) is 3. The number of aromatic nitrogens is 2. The molecule has 1 aliphatic heterocycles. The molecule has 7 nitrogen and oxygen atoms in total. The van der Waals surface area contributed by atoms with Crippen molar-refractivity contribution >= 4 is 11.9 Å². The number of carbonyl (C=O) groups excluding carboxylic acids is 1. The summed E-state index contributed by atoms with van der Waals surface area (Å²) >= 11 is 0. The van der Waals surface area contributed by atoms with E-state index in [9.17, 15) is 9.90 Å². The maximum atomic E-state index is 13.6. The van der Waals surface area contributed by atoms with Gasteiger partial charge in [0, 0.05) is 43.3 Å². The van der Waals surface area contributed by atoms with Crippen LogP contribution in [0.1, 0.15) is 93.6 Å². The van der Waals surface area contributed by atoms with Gasteiger partial charge in [-0.2, -0.15) is 0 Å². The van der Waals surface area contributed by atoms with Gasteiger partial charge in [-0.15, -0.1) is 0 Å². The molecule has 4 atom stereocenters. The zero-order valence-corrected chi connectivity index (χ0v) is 20.1. The van der Waals surface area contributed by atoms with Gasteiger partial charge in [0.05, 0.1) is 16.9 Å². The molecule has 4 bridgehead atoms. The molecule has 33 heavy (non-hydrogen) atoms. The van der Waals surface area contributed by atoms with E-state index in [-0.39, 0.29) is 11.9 Å². The molecule has 6 aliphatic rings. The number of carbonyl (C=O) groups is 1. The smallest absolute Gasteiger partial charge is 0.254 e. The predicted octanol–water partition coefficient (Wildman–Crippen LogP) is 2.99. The number of nitrogens with zero attached hydrogens (tertiary/aromatic N) is 3. The molecule has 5 saturated carbocycles. The first-order valence-corrected chi connectivity index (χ1v) is 13.3. The van der Waals surface area contributed by atoms with E-state index in [0.717, 1.165) is 69.7 Å². The zero-order chi connectivity index (χ0) is 22.7. The molecule has 7 rings (SSSR count). The number of hydrogen-bond acceptors (Lipinski definition) is 6. The topological polar surface area (TPSA) is 90.4 Å². The van der Waals surface area contributed by atoms with Crippen LogP contribution in [-0.2, 0) is 0 Å². The summed E-state index contributed by atoms with van der Waals surface area (Å²) in [4.78, 5) is 25.6. The second kappa shape index (κ2) is 8.19. The highest BCUT2D eigenvalue weighted by Gasteiger charge is 2.55. The summed E-state index contributed by atoms with van der Waals surface area (Å²) < 4.78 is 0. The standard InChI is InChI=1S/C26H39N5O2/c1-15-13-31(14-16(2)28-15)25-27-12-21(23(30-25)18-5-3-4-6-18)24(32)29-22-19-7-17-8-20(22)11-26(33,9-17)10-19/h12,15-20,22,28,33H,3-11,13-14H2,1-2H3,(H,29,32)/t15-,16+,17?,19?,20?,22-,26-. The lowest BCUT2D eigenvalue weighted by atomic mass is 9.52. The number of piperazine rings is 1. The lowest BCUT2D eigenvalue weighted by Crippen LogP contribution is -2.61. The summed E-state index contributed by atoms with van der Waals surface area (Å²) in [6.07, 6.45) is 11.4. The fraction of sp³-hybridized carbons (Fsp3) is 0.808. The molecule has 2 heterocycles. The van der Waals surface area contributed by atoms with Gasteiger partial charge in [0.2, 0.25) is 5.95 Å². The van der Waals surface area contributed by atoms with Crippen LogP contribution in [0.5, 0.6) is 0 Å². The Morgan fingerprint density at radius 3 is 2.42 bits per heavy atom. The fourth-order valence-electron chi connectivity index (χ4n) is 8.16. The molecule has 6 fully saturated rings. The van der Waals surface area contributed by atoms with Crippen molar-refractivity contribution in [1.82, 2.24) is 20.6 Å². The molecule has 0 radical (unpaired) electrons. The van der Waals surface area contributed by atoms with Crippen molar-refractivity contribution in [3.05, 3.63) is 17.5 Å². The molecule has 1 aromatic heterocycles. The second-order valence-electron chi connectivity index (χ2n) is 12.0. The first-order chi connectivity index (χ1) is 15.9. The summed E-state index contributed by atoms with van der Waals surface area (Å²) in [6.45, 7) is 6.17. The quantitative estimate of drug-likeness (QED) is 0.649. The predicted molar refractivity (Wildman–Crippen MR) is 127 cm³/mol. The third-order valence-electron chi connectivity index (χ3n) is 9.17. The molecule has 2 unspecified atom stereocenters. The lowest BCUT2D eigenvalue weighted by Gasteiger charge is -2.58. The number of aliphatic hydroxyl groups is 1. The summed E-state index contributed by atoms with van der Waals surface area (Å²) in [5.74, 6) is 2.57. The van der Waals surface area contributed by atoms with Crippen LogP contribution in [0, 0.1) is 17.8 Å². The monoisotopic (exact) mass is 453 g/mol. The lowest BCUT2D eigenvalue weighted by molar-refractivity contribution is -0.136. The largest absolute Gasteiger partial charge is 0.390 e. The highest BCUT2D eigenvalue weighted by atomic mass is 16.3. The van der Waals surface area contributed by atoms with Crippen molar-refractivity contribution in [2.24, 2.45) is 17.8 Å².